The van der Waals surface area contributed by atoms with Gasteiger partial charge in [-0.25, -0.2) is 0 Å². The lowest BCUT2D eigenvalue weighted by Gasteiger charge is -2.27. The molecule has 2 nitrogen and oxygen atoms in total. The van der Waals surface area contributed by atoms with Crippen molar-refractivity contribution in [1.82, 2.24) is 0 Å². The molecule has 0 aliphatic heterocycles. The number of hydrogen-bond acceptors (Lipinski definition) is 3. The van der Waals surface area contributed by atoms with Crippen LogP contribution in [0.3, 0.4) is 0 Å². The number of aryl methyl sites for hydroxylation is 1. The van der Waals surface area contributed by atoms with Crippen LogP contribution in [0.1, 0.15) is 65.4 Å². The number of azo groups is 1. The molecule has 0 bridgehead atoms. The minimum absolute atomic E-state index is 0.0196. The maximum absolute atomic E-state index is 4.80. The summed E-state index contributed by atoms with van der Waals surface area (Å²) in [7, 11) is 0. The Balaban J connectivity index is 2.65. The Morgan fingerprint density at radius 2 is 1.86 bits per heavy atom. The lowest BCUT2D eigenvalue weighted by Crippen LogP contribution is -2.22. The smallest absolute Gasteiger partial charge is 0.126 e. The van der Waals surface area contributed by atoms with Gasteiger partial charge in [0, 0.05) is 0 Å². The van der Waals surface area contributed by atoms with Gasteiger partial charge in [-0.15, -0.1) is 11.8 Å². The predicted molar refractivity (Wildman–Crippen MR) is 99.8 cm³/mol. The third-order valence-corrected chi connectivity index (χ3v) is 5.63. The van der Waals surface area contributed by atoms with Gasteiger partial charge in [0.2, 0.25) is 0 Å². The lowest BCUT2D eigenvalue weighted by atomic mass is 10.1. The minimum Gasteiger partial charge on any atom is -0.190 e. The van der Waals surface area contributed by atoms with E-state index in [9.17, 15) is 0 Å². The Kier molecular flexibility index (Phi) is 9.45. The highest BCUT2D eigenvalue weighted by atomic mass is 32.2. The van der Waals surface area contributed by atoms with Crippen molar-refractivity contribution in [2.45, 2.75) is 77.1 Å². The summed E-state index contributed by atoms with van der Waals surface area (Å²) < 4.78 is 0. The fraction of sp³-hybridized carbons (Fsp3) is 0.684. The van der Waals surface area contributed by atoms with Crippen molar-refractivity contribution in [2.75, 3.05) is 5.75 Å². The Bertz CT molecular complexity index is 419. The molecule has 1 aromatic rings. The molecule has 0 saturated heterocycles. The average molecular weight is 321 g/mol. The van der Waals surface area contributed by atoms with E-state index >= 15 is 0 Å². The Morgan fingerprint density at radius 3 is 2.45 bits per heavy atom. The van der Waals surface area contributed by atoms with Crippen LogP contribution in [-0.2, 0) is 6.42 Å². The van der Waals surface area contributed by atoms with Crippen molar-refractivity contribution in [3.05, 3.63) is 35.9 Å². The van der Waals surface area contributed by atoms with Crippen molar-refractivity contribution in [3.8, 4) is 0 Å². The van der Waals surface area contributed by atoms with Crippen molar-refractivity contribution in [2.24, 2.45) is 10.2 Å². The predicted octanol–water partition coefficient (Wildman–Crippen LogP) is 6.51. The molecule has 0 aromatic heterocycles. The van der Waals surface area contributed by atoms with Crippen LogP contribution in [0.25, 0.3) is 0 Å². The fourth-order valence-corrected chi connectivity index (χ4v) is 3.56. The average Bonchev–Trinajstić information content (AvgIpc) is 2.57. The molecule has 0 aliphatic carbocycles. The second-order valence-electron chi connectivity index (χ2n) is 5.96. The highest BCUT2D eigenvalue weighted by Crippen LogP contribution is 2.37. The van der Waals surface area contributed by atoms with Crippen LogP contribution in [0, 0.1) is 0 Å². The van der Waals surface area contributed by atoms with Gasteiger partial charge in [0.15, 0.2) is 0 Å². The van der Waals surface area contributed by atoms with E-state index in [1.807, 2.05) is 11.8 Å². The minimum atomic E-state index is -0.0196. The summed E-state index contributed by atoms with van der Waals surface area (Å²) in [5.41, 5.74) is 1.41. The summed E-state index contributed by atoms with van der Waals surface area (Å²) in [5.74, 6) is 1.11. The van der Waals surface area contributed by atoms with Gasteiger partial charge in [0.05, 0.1) is 6.04 Å². The van der Waals surface area contributed by atoms with E-state index in [0.29, 0.717) is 6.04 Å². The molecule has 124 valence electrons. The highest BCUT2D eigenvalue weighted by Gasteiger charge is 2.28. The van der Waals surface area contributed by atoms with Crippen LogP contribution in [0.5, 0.6) is 0 Å². The van der Waals surface area contributed by atoms with E-state index in [1.165, 1.54) is 18.4 Å². The molecule has 2 unspecified atom stereocenters. The SMILES string of the molecule is CCCCC(CC)(N=NC(C)CC)SCCc1ccccc1. The zero-order valence-corrected chi connectivity index (χ0v) is 15.5. The van der Waals surface area contributed by atoms with Gasteiger partial charge in [0.1, 0.15) is 4.87 Å². The summed E-state index contributed by atoms with van der Waals surface area (Å²) >= 11 is 2.00. The van der Waals surface area contributed by atoms with Crippen molar-refractivity contribution in [1.29, 1.82) is 0 Å². The van der Waals surface area contributed by atoms with Gasteiger partial charge in [-0.2, -0.15) is 10.2 Å². The van der Waals surface area contributed by atoms with Gasteiger partial charge in [-0.3, -0.25) is 0 Å². The first-order valence-corrected chi connectivity index (χ1v) is 9.74. The molecule has 0 spiro atoms. The van der Waals surface area contributed by atoms with Crippen LogP contribution in [0.2, 0.25) is 0 Å². The highest BCUT2D eigenvalue weighted by molar-refractivity contribution is 8.00. The topological polar surface area (TPSA) is 24.7 Å². The van der Waals surface area contributed by atoms with Crippen LogP contribution in [0.15, 0.2) is 40.6 Å². The molecule has 0 heterocycles. The number of thioether (sulfide) groups is 1. The van der Waals surface area contributed by atoms with Crippen LogP contribution in [0.4, 0.5) is 0 Å². The molecule has 2 atom stereocenters. The number of nitrogens with zero attached hydrogens (tertiary/aromatic N) is 2. The summed E-state index contributed by atoms with van der Waals surface area (Å²) in [6.07, 6.45) is 6.82. The second-order valence-corrected chi connectivity index (χ2v) is 7.42. The monoisotopic (exact) mass is 320 g/mol. The molecule has 22 heavy (non-hydrogen) atoms. The van der Waals surface area contributed by atoms with E-state index < -0.39 is 0 Å². The standard InChI is InChI=1S/C19H32N2S/c1-5-8-15-19(7-3,21-20-17(4)6-2)22-16-14-18-12-10-9-11-13-18/h9-13,17H,5-8,14-16H2,1-4H3. The molecular formula is C19H32N2S. The van der Waals surface area contributed by atoms with E-state index in [4.69, 9.17) is 5.11 Å². The molecular weight excluding hydrogens is 288 g/mol. The van der Waals surface area contributed by atoms with E-state index in [2.05, 4.69) is 63.1 Å². The van der Waals surface area contributed by atoms with E-state index in [0.717, 1.165) is 31.4 Å². The van der Waals surface area contributed by atoms with Crippen LogP contribution >= 0.6 is 11.8 Å². The maximum atomic E-state index is 4.80. The summed E-state index contributed by atoms with van der Waals surface area (Å²) in [4.78, 5) is -0.0196. The van der Waals surface area contributed by atoms with Crippen molar-refractivity contribution < 1.29 is 0 Å². The molecule has 0 N–H and O–H groups in total. The number of benzene rings is 1. The van der Waals surface area contributed by atoms with Gasteiger partial charge in [-0.05, 0) is 43.9 Å². The first-order valence-electron chi connectivity index (χ1n) is 8.75. The molecule has 0 amide bonds. The molecule has 0 aliphatic rings. The quantitative estimate of drug-likeness (QED) is 0.426. The first kappa shape index (κ1) is 19.2. The van der Waals surface area contributed by atoms with E-state index in [1.54, 1.807) is 0 Å². The van der Waals surface area contributed by atoms with Crippen molar-refractivity contribution in [3.63, 3.8) is 0 Å². The lowest BCUT2D eigenvalue weighted by molar-refractivity contribution is 0.478. The number of hydrogen-bond donors (Lipinski definition) is 0. The number of unbranched alkanes of at least 4 members (excludes halogenated alkanes) is 1. The van der Waals surface area contributed by atoms with Gasteiger partial charge < -0.3 is 0 Å². The molecule has 1 rings (SSSR count). The summed E-state index contributed by atoms with van der Waals surface area (Å²) in [6.45, 7) is 8.83. The zero-order chi connectivity index (χ0) is 16.3. The molecule has 0 radical (unpaired) electrons. The molecule has 0 saturated carbocycles. The number of rotatable bonds is 11. The zero-order valence-electron chi connectivity index (χ0n) is 14.7. The van der Waals surface area contributed by atoms with Crippen LogP contribution in [-0.4, -0.2) is 16.7 Å². The summed E-state index contributed by atoms with van der Waals surface area (Å²) in [6, 6.07) is 11.1. The third-order valence-electron chi connectivity index (χ3n) is 4.11. The normalized spacial score (nSPS) is 15.8. The summed E-state index contributed by atoms with van der Waals surface area (Å²) in [5, 5.41) is 9.37. The third kappa shape index (κ3) is 6.95. The second kappa shape index (κ2) is 10.8. The van der Waals surface area contributed by atoms with Gasteiger partial charge in [-0.1, -0.05) is 63.9 Å². The van der Waals surface area contributed by atoms with Crippen molar-refractivity contribution >= 4 is 11.8 Å². The van der Waals surface area contributed by atoms with Gasteiger partial charge in [0.25, 0.3) is 0 Å². The Labute approximate surface area is 141 Å². The molecule has 0 fully saturated rings. The Morgan fingerprint density at radius 1 is 1.14 bits per heavy atom. The maximum Gasteiger partial charge on any atom is 0.126 e. The van der Waals surface area contributed by atoms with Gasteiger partial charge >= 0.3 is 0 Å². The Hall–Kier alpha value is -0.830. The first-order chi connectivity index (χ1) is 10.7. The fourth-order valence-electron chi connectivity index (χ4n) is 2.24. The largest absolute Gasteiger partial charge is 0.190 e. The molecule has 1 aromatic carbocycles. The van der Waals surface area contributed by atoms with E-state index in [-0.39, 0.29) is 4.87 Å². The molecule has 3 heteroatoms. The van der Waals surface area contributed by atoms with Crippen LogP contribution < -0.4 is 0 Å².